The number of hydrogen-bond acceptors (Lipinski definition) is 7. The lowest BCUT2D eigenvalue weighted by atomic mass is 10.1. The van der Waals surface area contributed by atoms with Crippen LogP contribution in [0.25, 0.3) is 10.9 Å². The molecule has 3 heterocycles. The zero-order valence-corrected chi connectivity index (χ0v) is 20.1. The Labute approximate surface area is 207 Å². The first-order valence-electron chi connectivity index (χ1n) is 11.1. The maximum Gasteiger partial charge on any atom is 0.128 e. The van der Waals surface area contributed by atoms with Crippen LogP contribution in [0.2, 0.25) is 0 Å². The van der Waals surface area contributed by atoms with Gasteiger partial charge in [-0.3, -0.25) is 9.88 Å². The Kier molecular flexibility index (Phi) is 7.38. The number of aliphatic hydroxyl groups is 1. The van der Waals surface area contributed by atoms with E-state index >= 15 is 0 Å². The molecule has 0 radical (unpaired) electrons. The number of nitrogens with zero attached hydrogens (tertiary/aromatic N) is 2. The molecule has 7 heteroatoms. The van der Waals surface area contributed by atoms with Crippen LogP contribution in [-0.4, -0.2) is 21.2 Å². The molecule has 0 saturated carbocycles. The number of thiophene rings is 1. The van der Waals surface area contributed by atoms with Crippen molar-refractivity contribution in [1.82, 2.24) is 14.6 Å². The maximum absolute atomic E-state index is 11.7. The summed E-state index contributed by atoms with van der Waals surface area (Å²) in [4.78, 5) is 8.69. The molecule has 2 atom stereocenters. The van der Waals surface area contributed by atoms with Gasteiger partial charge in [0, 0.05) is 27.9 Å². The van der Waals surface area contributed by atoms with Gasteiger partial charge in [-0.15, -0.1) is 11.3 Å². The van der Waals surface area contributed by atoms with Gasteiger partial charge in [-0.2, -0.15) is 0 Å². The van der Waals surface area contributed by atoms with Gasteiger partial charge in [-0.25, -0.2) is 4.72 Å². The molecule has 2 N–H and O–H groups in total. The van der Waals surface area contributed by atoms with E-state index in [-0.39, 0.29) is 6.04 Å². The fraction of sp³-hybridized carbons (Fsp3) is 0.148. The van der Waals surface area contributed by atoms with E-state index in [9.17, 15) is 5.11 Å². The second-order valence-corrected chi connectivity index (χ2v) is 9.89. The molecular formula is C27H25N3O2S2. The minimum absolute atomic E-state index is 0.328. The Hall–Kier alpha value is -2.94. The van der Waals surface area contributed by atoms with Crippen molar-refractivity contribution in [3.63, 3.8) is 0 Å². The van der Waals surface area contributed by atoms with Gasteiger partial charge in [0.05, 0.1) is 24.4 Å². The lowest BCUT2D eigenvalue weighted by Crippen LogP contribution is -2.42. The molecule has 1 unspecified atom stereocenters. The van der Waals surface area contributed by atoms with Crippen LogP contribution in [0.15, 0.2) is 112 Å². The summed E-state index contributed by atoms with van der Waals surface area (Å²) in [5.41, 5.74) is 1.98. The zero-order valence-electron chi connectivity index (χ0n) is 18.5. The van der Waals surface area contributed by atoms with Gasteiger partial charge in [0.1, 0.15) is 12.0 Å². The lowest BCUT2D eigenvalue weighted by molar-refractivity contribution is -0.0332. The highest BCUT2D eigenvalue weighted by Gasteiger charge is 2.28. The third-order valence-electron chi connectivity index (χ3n) is 5.59. The molecule has 34 heavy (non-hydrogen) atoms. The summed E-state index contributed by atoms with van der Waals surface area (Å²) in [6.45, 7) is 1.13. The predicted octanol–water partition coefficient (Wildman–Crippen LogP) is 6.25. The number of fused-ring (bicyclic) bond motifs is 1. The molecule has 5 nitrogen and oxygen atoms in total. The molecule has 2 aromatic carbocycles. The topological polar surface area (TPSA) is 61.5 Å². The van der Waals surface area contributed by atoms with Crippen LogP contribution >= 0.6 is 23.3 Å². The minimum atomic E-state index is -0.788. The van der Waals surface area contributed by atoms with Crippen LogP contribution in [0.5, 0.6) is 0 Å². The largest absolute Gasteiger partial charge is 0.468 e. The molecule has 5 rings (SSSR count). The number of furan rings is 1. The van der Waals surface area contributed by atoms with E-state index in [1.54, 1.807) is 23.8 Å². The predicted molar refractivity (Wildman–Crippen MR) is 138 cm³/mol. The highest BCUT2D eigenvalue weighted by molar-refractivity contribution is 7.97. The highest BCUT2D eigenvalue weighted by atomic mass is 32.2. The van der Waals surface area contributed by atoms with Crippen molar-refractivity contribution in [3.05, 3.63) is 119 Å². The number of nitrogens with one attached hydrogen (secondary N) is 1. The zero-order chi connectivity index (χ0) is 23.2. The molecule has 0 saturated heterocycles. The van der Waals surface area contributed by atoms with Gasteiger partial charge >= 0.3 is 0 Å². The molecule has 172 valence electrons. The molecule has 3 aromatic heterocycles. The average molecular weight is 488 g/mol. The van der Waals surface area contributed by atoms with Crippen molar-refractivity contribution in [1.29, 1.82) is 0 Å². The van der Waals surface area contributed by atoms with E-state index in [2.05, 4.69) is 33.3 Å². The quantitative estimate of drug-likeness (QED) is 0.179. The van der Waals surface area contributed by atoms with Crippen molar-refractivity contribution in [3.8, 4) is 0 Å². The van der Waals surface area contributed by atoms with E-state index in [0.717, 1.165) is 27.1 Å². The summed E-state index contributed by atoms with van der Waals surface area (Å²) in [6.07, 6.45) is 2.68. The van der Waals surface area contributed by atoms with Gasteiger partial charge in [0.2, 0.25) is 0 Å². The van der Waals surface area contributed by atoms with E-state index in [0.29, 0.717) is 13.1 Å². The minimum Gasteiger partial charge on any atom is -0.468 e. The normalized spacial score (nSPS) is 13.4. The lowest BCUT2D eigenvalue weighted by Gasteiger charge is -2.33. The van der Waals surface area contributed by atoms with E-state index in [4.69, 9.17) is 4.42 Å². The number of benzene rings is 2. The number of aromatic nitrogens is 1. The molecular weight excluding hydrogens is 462 g/mol. The standard InChI is InChI=1S/C27H25N3O2S2/c31-27(30(18-22-10-5-15-32-22)19-24-11-6-16-33-24)26(20-7-2-1-3-8-20)29-34-23-12-13-25-21(17-23)9-4-14-28-25/h1-17,26-27,29,31H,18-19H2/t26-,27?/m1/s1. The van der Waals surface area contributed by atoms with Crippen LogP contribution in [-0.2, 0) is 13.1 Å². The fourth-order valence-electron chi connectivity index (χ4n) is 3.87. The molecule has 0 fully saturated rings. The maximum atomic E-state index is 11.7. The van der Waals surface area contributed by atoms with Gasteiger partial charge in [0.25, 0.3) is 0 Å². The van der Waals surface area contributed by atoms with Gasteiger partial charge in [-0.1, -0.05) is 42.5 Å². The summed E-state index contributed by atoms with van der Waals surface area (Å²) >= 11 is 3.20. The van der Waals surface area contributed by atoms with Gasteiger partial charge in [-0.05, 0) is 65.4 Å². The van der Waals surface area contributed by atoms with Crippen molar-refractivity contribution < 1.29 is 9.52 Å². The summed E-state index contributed by atoms with van der Waals surface area (Å²) in [5.74, 6) is 0.817. The number of pyridine rings is 1. The summed E-state index contributed by atoms with van der Waals surface area (Å²) in [6, 6.07) is 27.9. The molecule has 0 amide bonds. The van der Waals surface area contributed by atoms with Crippen LogP contribution < -0.4 is 4.72 Å². The van der Waals surface area contributed by atoms with E-state index < -0.39 is 6.23 Å². The second-order valence-electron chi connectivity index (χ2n) is 7.94. The van der Waals surface area contributed by atoms with E-state index in [1.165, 1.54) is 16.8 Å². The average Bonchev–Trinajstić information content (AvgIpc) is 3.59. The van der Waals surface area contributed by atoms with Crippen molar-refractivity contribution in [2.45, 2.75) is 30.3 Å². The summed E-state index contributed by atoms with van der Waals surface area (Å²) in [5, 5.41) is 14.8. The van der Waals surface area contributed by atoms with E-state index in [1.807, 2.05) is 71.6 Å². The first-order valence-corrected chi connectivity index (χ1v) is 12.7. The first kappa shape index (κ1) is 22.8. The Morgan fingerprint density at radius 2 is 1.88 bits per heavy atom. The van der Waals surface area contributed by atoms with Crippen LogP contribution in [0.4, 0.5) is 0 Å². The SMILES string of the molecule is OC([C@H](NSc1ccc2ncccc2c1)c1ccccc1)N(Cc1ccco1)Cc1cccs1. The van der Waals surface area contributed by atoms with Crippen molar-refractivity contribution >= 4 is 34.2 Å². The molecule has 0 aliphatic carbocycles. The molecule has 0 spiro atoms. The van der Waals surface area contributed by atoms with Crippen LogP contribution in [0, 0.1) is 0 Å². The van der Waals surface area contributed by atoms with Crippen LogP contribution in [0.3, 0.4) is 0 Å². The molecule has 0 bridgehead atoms. The smallest absolute Gasteiger partial charge is 0.128 e. The third kappa shape index (κ3) is 5.58. The Morgan fingerprint density at radius 1 is 0.971 bits per heavy atom. The second kappa shape index (κ2) is 11.0. The Morgan fingerprint density at radius 3 is 2.68 bits per heavy atom. The molecule has 0 aliphatic rings. The monoisotopic (exact) mass is 487 g/mol. The Balaban J connectivity index is 1.40. The molecule has 0 aliphatic heterocycles. The fourth-order valence-corrected chi connectivity index (χ4v) is 5.44. The van der Waals surface area contributed by atoms with Gasteiger partial charge in [0.15, 0.2) is 0 Å². The summed E-state index contributed by atoms with van der Waals surface area (Å²) in [7, 11) is 0. The third-order valence-corrected chi connectivity index (χ3v) is 7.31. The summed E-state index contributed by atoms with van der Waals surface area (Å²) < 4.78 is 9.14. The number of aliphatic hydroxyl groups excluding tert-OH is 1. The first-order chi connectivity index (χ1) is 16.8. The Bertz CT molecular complexity index is 1260. The highest BCUT2D eigenvalue weighted by Crippen LogP contribution is 2.29. The van der Waals surface area contributed by atoms with Crippen molar-refractivity contribution in [2.75, 3.05) is 0 Å². The van der Waals surface area contributed by atoms with Crippen molar-refractivity contribution in [2.24, 2.45) is 0 Å². The molecule has 5 aromatic rings. The number of hydrogen-bond donors (Lipinski definition) is 2. The van der Waals surface area contributed by atoms with Gasteiger partial charge < -0.3 is 9.52 Å². The number of rotatable bonds is 10. The van der Waals surface area contributed by atoms with Crippen LogP contribution in [0.1, 0.15) is 22.2 Å².